The van der Waals surface area contributed by atoms with E-state index in [0.717, 1.165) is 27.4 Å². The number of amides is 1. The summed E-state index contributed by atoms with van der Waals surface area (Å²) in [6, 6.07) is 12.2. The zero-order chi connectivity index (χ0) is 18.8. The van der Waals surface area contributed by atoms with Crippen molar-refractivity contribution in [2.24, 2.45) is 0 Å². The minimum absolute atomic E-state index is 0.0872. The Morgan fingerprint density at radius 1 is 1.26 bits per heavy atom. The average Bonchev–Trinajstić information content (AvgIpc) is 3.04. The van der Waals surface area contributed by atoms with Crippen molar-refractivity contribution in [3.05, 3.63) is 66.2 Å². The predicted molar refractivity (Wildman–Crippen MR) is 102 cm³/mol. The van der Waals surface area contributed by atoms with E-state index >= 15 is 0 Å². The van der Waals surface area contributed by atoms with Crippen LogP contribution in [0, 0.1) is 5.82 Å². The van der Waals surface area contributed by atoms with Gasteiger partial charge in [-0.05, 0) is 42.3 Å². The van der Waals surface area contributed by atoms with Crippen molar-refractivity contribution in [3.63, 3.8) is 0 Å². The molecule has 1 amide bonds. The third-order valence-electron chi connectivity index (χ3n) is 4.37. The maximum absolute atomic E-state index is 14.2. The van der Waals surface area contributed by atoms with Crippen molar-refractivity contribution in [1.29, 1.82) is 0 Å². The van der Waals surface area contributed by atoms with Gasteiger partial charge in [0, 0.05) is 42.7 Å². The predicted octanol–water partition coefficient (Wildman–Crippen LogP) is 4.33. The molecule has 2 aromatic carbocycles. The number of carbonyl (C=O) groups excluding carboxylic acids is 1. The van der Waals surface area contributed by atoms with Crippen LogP contribution in [0.5, 0.6) is 11.5 Å². The van der Waals surface area contributed by atoms with E-state index < -0.39 is 0 Å². The number of benzene rings is 2. The van der Waals surface area contributed by atoms with Crippen LogP contribution in [0.1, 0.15) is 12.5 Å². The topological polar surface area (TPSA) is 67.0 Å². The number of H-pyrrole nitrogens is 1. The first-order valence-corrected chi connectivity index (χ1v) is 8.67. The molecule has 0 aliphatic heterocycles. The van der Waals surface area contributed by atoms with Crippen LogP contribution in [0.25, 0.3) is 21.8 Å². The minimum atomic E-state index is -0.375. The Balaban J connectivity index is 1.66. The largest absolute Gasteiger partial charge is 0.455 e. The fraction of sp³-hybridized carbons (Fsp3) is 0.143. The number of aromatic nitrogens is 2. The SMILES string of the molecule is CC(=O)NCCc1c[nH]c2c(Oc3ccc4ncccc4c3)cc(F)cc12. The van der Waals surface area contributed by atoms with E-state index in [0.29, 0.717) is 24.5 Å². The molecule has 4 aromatic rings. The molecule has 0 fully saturated rings. The van der Waals surface area contributed by atoms with Gasteiger partial charge >= 0.3 is 0 Å². The molecule has 4 rings (SSSR count). The van der Waals surface area contributed by atoms with Crippen LogP contribution in [0.2, 0.25) is 0 Å². The summed E-state index contributed by atoms with van der Waals surface area (Å²) >= 11 is 0. The number of aromatic amines is 1. The Labute approximate surface area is 155 Å². The van der Waals surface area contributed by atoms with Gasteiger partial charge in [-0.3, -0.25) is 9.78 Å². The summed E-state index contributed by atoms with van der Waals surface area (Å²) in [5.41, 5.74) is 2.51. The summed E-state index contributed by atoms with van der Waals surface area (Å²) in [5.74, 6) is 0.562. The van der Waals surface area contributed by atoms with Crippen molar-refractivity contribution >= 4 is 27.7 Å². The van der Waals surface area contributed by atoms with Gasteiger partial charge in [-0.15, -0.1) is 0 Å². The summed E-state index contributed by atoms with van der Waals surface area (Å²) < 4.78 is 20.2. The number of pyridine rings is 1. The fourth-order valence-corrected chi connectivity index (χ4v) is 3.13. The van der Waals surface area contributed by atoms with Crippen molar-refractivity contribution < 1.29 is 13.9 Å². The monoisotopic (exact) mass is 363 g/mol. The molecule has 0 aliphatic carbocycles. The molecule has 0 unspecified atom stereocenters. The van der Waals surface area contributed by atoms with Gasteiger partial charge < -0.3 is 15.0 Å². The number of hydrogen-bond acceptors (Lipinski definition) is 3. The van der Waals surface area contributed by atoms with Crippen molar-refractivity contribution in [3.8, 4) is 11.5 Å². The number of hydrogen-bond donors (Lipinski definition) is 2. The van der Waals surface area contributed by atoms with Gasteiger partial charge in [-0.1, -0.05) is 6.07 Å². The molecule has 0 bridgehead atoms. The fourth-order valence-electron chi connectivity index (χ4n) is 3.13. The van der Waals surface area contributed by atoms with Crippen LogP contribution in [-0.2, 0) is 11.2 Å². The van der Waals surface area contributed by atoms with Crippen LogP contribution in [0.3, 0.4) is 0 Å². The van der Waals surface area contributed by atoms with Crippen molar-refractivity contribution in [2.45, 2.75) is 13.3 Å². The molecule has 0 atom stereocenters. The third-order valence-corrected chi connectivity index (χ3v) is 4.37. The zero-order valence-electron chi connectivity index (χ0n) is 14.8. The first kappa shape index (κ1) is 17.0. The number of ether oxygens (including phenoxy) is 1. The number of nitrogens with one attached hydrogen (secondary N) is 2. The Hall–Kier alpha value is -3.41. The minimum Gasteiger partial charge on any atom is -0.455 e. The van der Waals surface area contributed by atoms with E-state index in [4.69, 9.17) is 4.74 Å². The maximum Gasteiger partial charge on any atom is 0.216 e. The lowest BCUT2D eigenvalue weighted by Gasteiger charge is -2.09. The van der Waals surface area contributed by atoms with Crippen LogP contribution in [-0.4, -0.2) is 22.4 Å². The summed E-state index contributed by atoms with van der Waals surface area (Å²) in [7, 11) is 0. The Kier molecular flexibility index (Phi) is 4.46. The molecule has 0 radical (unpaired) electrons. The average molecular weight is 363 g/mol. The molecule has 2 heterocycles. The Morgan fingerprint density at radius 3 is 3.00 bits per heavy atom. The van der Waals surface area contributed by atoms with E-state index in [1.165, 1.54) is 19.1 Å². The lowest BCUT2D eigenvalue weighted by atomic mass is 10.1. The molecule has 0 saturated heterocycles. The van der Waals surface area contributed by atoms with Gasteiger partial charge in [-0.2, -0.15) is 0 Å². The van der Waals surface area contributed by atoms with Crippen LogP contribution in [0.15, 0.2) is 54.9 Å². The smallest absolute Gasteiger partial charge is 0.216 e. The molecule has 2 N–H and O–H groups in total. The molecule has 0 saturated carbocycles. The van der Waals surface area contributed by atoms with Crippen LogP contribution >= 0.6 is 0 Å². The highest BCUT2D eigenvalue weighted by Gasteiger charge is 2.12. The number of fused-ring (bicyclic) bond motifs is 2. The second-order valence-electron chi connectivity index (χ2n) is 6.33. The molecule has 6 heteroatoms. The Bertz CT molecular complexity index is 1140. The molecule has 136 valence electrons. The highest BCUT2D eigenvalue weighted by molar-refractivity contribution is 5.89. The van der Waals surface area contributed by atoms with Crippen LogP contribution < -0.4 is 10.1 Å². The van der Waals surface area contributed by atoms with Crippen molar-refractivity contribution in [2.75, 3.05) is 6.54 Å². The Morgan fingerprint density at radius 2 is 2.15 bits per heavy atom. The van der Waals surface area contributed by atoms with E-state index in [9.17, 15) is 9.18 Å². The number of halogens is 1. The van der Waals surface area contributed by atoms with Gasteiger partial charge in [0.1, 0.15) is 11.6 Å². The third kappa shape index (κ3) is 3.60. The number of carbonyl (C=O) groups is 1. The van der Waals surface area contributed by atoms with E-state index in [1.807, 2.05) is 36.5 Å². The van der Waals surface area contributed by atoms with Crippen LogP contribution in [0.4, 0.5) is 4.39 Å². The van der Waals surface area contributed by atoms with E-state index in [1.54, 1.807) is 6.20 Å². The van der Waals surface area contributed by atoms with E-state index in [-0.39, 0.29) is 11.7 Å². The van der Waals surface area contributed by atoms with Gasteiger partial charge in [-0.25, -0.2) is 4.39 Å². The normalized spacial score (nSPS) is 11.0. The van der Waals surface area contributed by atoms with Crippen molar-refractivity contribution in [1.82, 2.24) is 15.3 Å². The van der Waals surface area contributed by atoms with Gasteiger partial charge in [0.15, 0.2) is 5.75 Å². The number of rotatable bonds is 5. The highest BCUT2D eigenvalue weighted by atomic mass is 19.1. The number of nitrogens with zero attached hydrogens (tertiary/aromatic N) is 1. The molecule has 0 aliphatic rings. The molecular weight excluding hydrogens is 345 g/mol. The van der Waals surface area contributed by atoms with E-state index in [2.05, 4.69) is 15.3 Å². The molecule has 0 spiro atoms. The summed E-state index contributed by atoms with van der Waals surface area (Å²) in [6.07, 6.45) is 4.16. The summed E-state index contributed by atoms with van der Waals surface area (Å²) in [5, 5.41) is 4.45. The van der Waals surface area contributed by atoms with Gasteiger partial charge in [0.2, 0.25) is 5.91 Å². The highest BCUT2D eigenvalue weighted by Crippen LogP contribution is 2.33. The second kappa shape index (κ2) is 7.07. The maximum atomic E-state index is 14.2. The zero-order valence-corrected chi connectivity index (χ0v) is 14.8. The lowest BCUT2D eigenvalue weighted by Crippen LogP contribution is -2.22. The molecule has 2 aromatic heterocycles. The second-order valence-corrected chi connectivity index (χ2v) is 6.33. The summed E-state index contributed by atoms with van der Waals surface area (Å²) in [6.45, 7) is 1.96. The first-order valence-electron chi connectivity index (χ1n) is 8.67. The lowest BCUT2D eigenvalue weighted by molar-refractivity contribution is -0.118. The van der Waals surface area contributed by atoms with Gasteiger partial charge in [0.25, 0.3) is 0 Å². The molecule has 27 heavy (non-hydrogen) atoms. The van der Waals surface area contributed by atoms with Gasteiger partial charge in [0.05, 0.1) is 11.0 Å². The molecule has 5 nitrogen and oxygen atoms in total. The quantitative estimate of drug-likeness (QED) is 0.555. The molecular formula is C21H18FN3O2. The standard InChI is InChI=1S/C21H18FN3O2/c1-13(26)23-8-6-15-12-25-21-18(15)10-16(22)11-20(21)27-17-4-5-19-14(9-17)3-2-7-24-19/h2-5,7,9-12,25H,6,8H2,1H3,(H,23,26). The first-order chi connectivity index (χ1) is 13.1. The summed E-state index contributed by atoms with van der Waals surface area (Å²) in [4.78, 5) is 18.5.